The summed E-state index contributed by atoms with van der Waals surface area (Å²) in [6, 6.07) is 22.7. The lowest BCUT2D eigenvalue weighted by atomic mass is 10.0. The highest BCUT2D eigenvalue weighted by atomic mass is 28.4. The number of pyridine rings is 1. The van der Waals surface area contributed by atoms with Crippen molar-refractivity contribution in [2.75, 3.05) is 13.1 Å². The van der Waals surface area contributed by atoms with Crippen LogP contribution >= 0.6 is 0 Å². The number of nitro groups is 1. The van der Waals surface area contributed by atoms with Gasteiger partial charge in [-0.15, -0.1) is 0 Å². The molecule has 1 atom stereocenters. The Morgan fingerprint density at radius 2 is 1.73 bits per heavy atom. The zero-order valence-corrected chi connectivity index (χ0v) is 26.7. The second-order valence-electron chi connectivity index (χ2n) is 12.3. The largest absolute Gasteiger partial charge is 0.487 e. The molecule has 3 aromatic carbocycles. The molecule has 232 valence electrons. The van der Waals surface area contributed by atoms with E-state index in [0.717, 1.165) is 11.1 Å². The zero-order chi connectivity index (χ0) is 32.1. The molecule has 0 bridgehead atoms. The maximum atomic E-state index is 12.5. The van der Waals surface area contributed by atoms with Crippen molar-refractivity contribution in [1.29, 1.82) is 0 Å². The molecule has 0 fully saturated rings. The van der Waals surface area contributed by atoms with E-state index in [9.17, 15) is 24.8 Å². The standard InChI is InChI=1S/C33H39N3O7Si/c1-33(2,3)44(4,5)43-29(21-35(32(38)39)19-18-23-12-9-13-25(20-23)36(40)41)26-14-16-28(31-27(26)15-17-30(37)34-31)42-22-24-10-7-6-8-11-24/h6-17,20,29H,18-19,21-22H2,1-5H3,(H,34,37)(H,38,39)/t29-/m1/s1. The minimum atomic E-state index is -2.43. The number of ether oxygens (including phenoxy) is 1. The van der Waals surface area contributed by atoms with Crippen LogP contribution in [0.1, 0.15) is 43.6 Å². The number of non-ortho nitro benzene ring substituents is 1. The number of carboxylic acid groups (broad SMARTS) is 1. The lowest BCUT2D eigenvalue weighted by molar-refractivity contribution is -0.384. The SMILES string of the molecule is CC(C)(C)[Si](C)(C)O[C@H](CN(CCc1cccc([N+](=O)[O-])c1)C(=O)O)c1ccc(OCc2ccccc2)c2[nH]c(=O)ccc12. The van der Waals surface area contributed by atoms with Crippen LogP contribution in [0.25, 0.3) is 10.9 Å². The Morgan fingerprint density at radius 1 is 1.02 bits per heavy atom. The van der Waals surface area contributed by atoms with Gasteiger partial charge in [0.2, 0.25) is 5.56 Å². The van der Waals surface area contributed by atoms with E-state index in [0.29, 0.717) is 35.2 Å². The van der Waals surface area contributed by atoms with Gasteiger partial charge in [-0.2, -0.15) is 0 Å². The van der Waals surface area contributed by atoms with Crippen LogP contribution in [0.2, 0.25) is 18.1 Å². The molecule has 4 rings (SSSR count). The number of aromatic nitrogens is 1. The summed E-state index contributed by atoms with van der Waals surface area (Å²) in [4.78, 5) is 39.9. The highest BCUT2D eigenvalue weighted by Crippen LogP contribution is 2.41. The van der Waals surface area contributed by atoms with Crippen LogP contribution < -0.4 is 10.3 Å². The quantitative estimate of drug-likeness (QED) is 0.0967. The monoisotopic (exact) mass is 617 g/mol. The summed E-state index contributed by atoms with van der Waals surface area (Å²) in [5.74, 6) is 0.497. The number of aromatic amines is 1. The van der Waals surface area contributed by atoms with Gasteiger partial charge >= 0.3 is 6.09 Å². The zero-order valence-electron chi connectivity index (χ0n) is 25.7. The number of hydrogen-bond donors (Lipinski definition) is 2. The fraction of sp³-hybridized carbons (Fsp3) is 0.333. The summed E-state index contributed by atoms with van der Waals surface area (Å²) in [5.41, 5.74) is 2.55. The number of rotatable bonds is 12. The van der Waals surface area contributed by atoms with Gasteiger partial charge in [0.25, 0.3) is 5.69 Å². The predicted octanol–water partition coefficient (Wildman–Crippen LogP) is 7.30. The summed E-state index contributed by atoms with van der Waals surface area (Å²) in [7, 11) is -2.43. The minimum Gasteiger partial charge on any atom is -0.487 e. The average Bonchev–Trinajstić information content (AvgIpc) is 2.97. The summed E-state index contributed by atoms with van der Waals surface area (Å²) in [6.45, 7) is 11.0. The number of nitro benzene ring substituents is 1. The van der Waals surface area contributed by atoms with Crippen LogP contribution in [0.3, 0.4) is 0 Å². The molecule has 2 N–H and O–H groups in total. The number of carbonyl (C=O) groups is 1. The summed E-state index contributed by atoms with van der Waals surface area (Å²) in [5, 5.41) is 22.0. The molecule has 11 heteroatoms. The average molecular weight is 618 g/mol. The van der Waals surface area contributed by atoms with Crippen LogP contribution in [0.4, 0.5) is 10.5 Å². The van der Waals surface area contributed by atoms with E-state index in [4.69, 9.17) is 9.16 Å². The van der Waals surface area contributed by atoms with Crippen molar-refractivity contribution >= 4 is 31.0 Å². The van der Waals surface area contributed by atoms with Gasteiger partial charge in [0.05, 0.1) is 23.1 Å². The Labute approximate surface area is 257 Å². The van der Waals surface area contributed by atoms with Gasteiger partial charge < -0.3 is 24.2 Å². The van der Waals surface area contributed by atoms with Gasteiger partial charge in [-0.3, -0.25) is 14.9 Å². The fourth-order valence-electron chi connectivity index (χ4n) is 4.67. The Morgan fingerprint density at radius 3 is 2.39 bits per heavy atom. The summed E-state index contributed by atoms with van der Waals surface area (Å²) < 4.78 is 13.0. The molecule has 1 amide bonds. The number of nitrogens with zero attached hydrogens (tertiary/aromatic N) is 2. The molecule has 1 aromatic heterocycles. The molecular formula is C33H39N3O7Si. The first-order chi connectivity index (χ1) is 20.7. The number of amides is 1. The van der Waals surface area contributed by atoms with Gasteiger partial charge in [-0.25, -0.2) is 4.79 Å². The second-order valence-corrected chi connectivity index (χ2v) is 17.1. The molecule has 0 saturated carbocycles. The van der Waals surface area contributed by atoms with E-state index >= 15 is 0 Å². The Bertz CT molecular complexity index is 1680. The third kappa shape index (κ3) is 7.91. The maximum absolute atomic E-state index is 12.5. The third-order valence-electron chi connectivity index (χ3n) is 8.17. The van der Waals surface area contributed by atoms with Gasteiger partial charge in [0.15, 0.2) is 8.32 Å². The second kappa shape index (κ2) is 13.4. The Kier molecular flexibility index (Phi) is 9.90. The molecule has 0 radical (unpaired) electrons. The van der Waals surface area contributed by atoms with E-state index in [-0.39, 0.29) is 29.4 Å². The lowest BCUT2D eigenvalue weighted by Crippen LogP contribution is -2.45. The van der Waals surface area contributed by atoms with Gasteiger partial charge in [0, 0.05) is 30.1 Å². The van der Waals surface area contributed by atoms with Crippen molar-refractivity contribution in [2.24, 2.45) is 0 Å². The van der Waals surface area contributed by atoms with Crippen LogP contribution in [-0.2, 0) is 17.5 Å². The number of fused-ring (bicyclic) bond motifs is 1. The molecule has 0 aliphatic carbocycles. The third-order valence-corrected chi connectivity index (χ3v) is 12.7. The first kappa shape index (κ1) is 32.4. The number of H-pyrrole nitrogens is 1. The number of hydrogen-bond acceptors (Lipinski definition) is 6. The number of benzene rings is 3. The van der Waals surface area contributed by atoms with Crippen molar-refractivity contribution in [3.8, 4) is 5.75 Å². The van der Waals surface area contributed by atoms with Crippen molar-refractivity contribution in [2.45, 2.75) is 58.0 Å². The van der Waals surface area contributed by atoms with Gasteiger partial charge in [0.1, 0.15) is 12.4 Å². The molecule has 0 aliphatic heterocycles. The molecule has 4 aromatic rings. The smallest absolute Gasteiger partial charge is 0.407 e. The van der Waals surface area contributed by atoms with E-state index in [1.807, 2.05) is 36.4 Å². The van der Waals surface area contributed by atoms with Crippen molar-refractivity contribution < 1.29 is 24.0 Å². The van der Waals surface area contributed by atoms with Crippen molar-refractivity contribution in [3.05, 3.63) is 116 Å². The molecular weight excluding hydrogens is 578 g/mol. The topological polar surface area (TPSA) is 135 Å². The molecule has 44 heavy (non-hydrogen) atoms. The number of nitrogens with one attached hydrogen (secondary N) is 1. The predicted molar refractivity (Wildman–Crippen MR) is 173 cm³/mol. The fourth-order valence-corrected chi connectivity index (χ4v) is 5.94. The molecule has 0 spiro atoms. The van der Waals surface area contributed by atoms with Crippen LogP contribution in [0, 0.1) is 10.1 Å². The molecule has 0 aliphatic rings. The van der Waals surface area contributed by atoms with E-state index < -0.39 is 25.4 Å². The highest BCUT2D eigenvalue weighted by molar-refractivity contribution is 6.74. The molecule has 0 saturated heterocycles. The highest BCUT2D eigenvalue weighted by Gasteiger charge is 2.40. The Hall–Kier alpha value is -4.48. The first-order valence-corrected chi connectivity index (χ1v) is 17.4. The maximum Gasteiger partial charge on any atom is 0.407 e. The molecule has 0 unspecified atom stereocenters. The van der Waals surface area contributed by atoms with E-state index in [1.165, 1.54) is 23.1 Å². The van der Waals surface area contributed by atoms with Crippen LogP contribution in [-0.4, -0.2) is 47.4 Å². The normalized spacial score (nSPS) is 12.6. The van der Waals surface area contributed by atoms with Crippen LogP contribution in [0.15, 0.2) is 83.7 Å². The van der Waals surface area contributed by atoms with Gasteiger partial charge in [-0.05, 0) is 53.4 Å². The van der Waals surface area contributed by atoms with Crippen molar-refractivity contribution in [3.63, 3.8) is 0 Å². The Balaban J connectivity index is 1.71. The first-order valence-electron chi connectivity index (χ1n) is 14.5. The molecule has 1 heterocycles. The lowest BCUT2D eigenvalue weighted by Gasteiger charge is -2.40. The summed E-state index contributed by atoms with van der Waals surface area (Å²) >= 11 is 0. The minimum absolute atomic E-state index is 0.0230. The van der Waals surface area contributed by atoms with Crippen molar-refractivity contribution in [1.82, 2.24) is 9.88 Å². The van der Waals surface area contributed by atoms with E-state index in [1.54, 1.807) is 24.3 Å². The van der Waals surface area contributed by atoms with Gasteiger partial charge in [-0.1, -0.05) is 69.3 Å². The summed E-state index contributed by atoms with van der Waals surface area (Å²) in [6.07, 6.45) is -1.49. The van der Waals surface area contributed by atoms with Crippen LogP contribution in [0.5, 0.6) is 5.75 Å². The van der Waals surface area contributed by atoms with E-state index in [2.05, 4.69) is 38.8 Å². The molecule has 10 nitrogen and oxygen atoms in total.